The van der Waals surface area contributed by atoms with Crippen molar-refractivity contribution in [2.75, 3.05) is 30.3 Å². The quantitative estimate of drug-likeness (QED) is 0.151. The van der Waals surface area contributed by atoms with Crippen molar-refractivity contribution >= 4 is 33.8 Å². The Hall–Kier alpha value is -6.09. The Kier molecular flexibility index (Phi) is 10.3. The highest BCUT2D eigenvalue weighted by Gasteiger charge is 2.24. The maximum atomic E-state index is 13.3. The first-order valence-corrected chi connectivity index (χ1v) is 15.3. The summed E-state index contributed by atoms with van der Waals surface area (Å²) in [4.78, 5) is 33.6. The van der Waals surface area contributed by atoms with E-state index in [-0.39, 0.29) is 48.0 Å². The number of nitrogens with one attached hydrogen (secondary N) is 3. The highest BCUT2D eigenvalue weighted by molar-refractivity contribution is 7.95. The fourth-order valence-electron chi connectivity index (χ4n) is 3.83. The fourth-order valence-corrected chi connectivity index (χ4v) is 4.64. The van der Waals surface area contributed by atoms with E-state index in [1.807, 2.05) is 6.07 Å². The maximum Gasteiger partial charge on any atom is 0.320 e. The molecule has 0 saturated carbocycles. The smallest absolute Gasteiger partial charge is 0.320 e. The largest absolute Gasteiger partial charge is 0.493 e. The number of carbonyl (C=O) groups excluding carboxylic acids is 1. The first-order chi connectivity index (χ1) is 22.4. The van der Waals surface area contributed by atoms with Crippen LogP contribution in [0.4, 0.5) is 16.4 Å². The van der Waals surface area contributed by atoms with Crippen LogP contribution in [0.2, 0.25) is 0 Å². The first-order valence-electron chi connectivity index (χ1n) is 13.7. The van der Waals surface area contributed by atoms with E-state index in [2.05, 4.69) is 40.3 Å². The van der Waals surface area contributed by atoms with E-state index in [1.165, 1.54) is 25.6 Å². The van der Waals surface area contributed by atoms with Gasteiger partial charge in [0.15, 0.2) is 23.1 Å². The number of benzene rings is 2. The first kappa shape index (κ1) is 31.3. The molecule has 3 aromatic heterocycles. The maximum absolute atomic E-state index is 13.3. The minimum atomic E-state index is -4.14. The number of hydrogen-bond donors (Lipinski definition) is 3. The molecule has 0 atom stereocenters. The van der Waals surface area contributed by atoms with E-state index in [0.717, 1.165) is 5.41 Å². The summed E-state index contributed by atoms with van der Waals surface area (Å²) in [6, 6.07) is 21.9. The van der Waals surface area contributed by atoms with Crippen LogP contribution in [0.1, 0.15) is 5.56 Å². The van der Waals surface area contributed by atoms with Gasteiger partial charge in [0, 0.05) is 18.6 Å². The van der Waals surface area contributed by atoms with Gasteiger partial charge in [-0.3, -0.25) is 10.0 Å². The molecule has 3 heterocycles. The Morgan fingerprint density at radius 3 is 2.28 bits per heavy atom. The normalized spacial score (nSPS) is 11.1. The lowest BCUT2D eigenvalue weighted by atomic mass is 10.2. The predicted molar refractivity (Wildman–Crippen MR) is 171 cm³/mol. The van der Waals surface area contributed by atoms with Crippen molar-refractivity contribution in [3.8, 4) is 34.8 Å². The zero-order chi connectivity index (χ0) is 32.2. The predicted octanol–water partition coefficient (Wildman–Crippen LogP) is 4.74. The standard InChI is InChI=1S/C31H28N8O6S/c1-43-23-12-5-6-13-24(23)45-26-27(39-46(41,42)21-15-22-10-3-2-4-11-22)37-29(28-33-17-9-18-34-28)38-30(26)44-20-19-35-31(40)36-25-14-7-8-16-32-25/h2-18,21H,19-20H2,1H3,(H,37,38,39)(H2,32,35,36,40). The van der Waals surface area contributed by atoms with Crippen molar-refractivity contribution in [1.29, 1.82) is 0 Å². The number of hydrogen-bond acceptors (Lipinski definition) is 11. The lowest BCUT2D eigenvalue weighted by molar-refractivity contribution is 0.245. The number of rotatable bonds is 13. The number of pyridine rings is 1. The number of amides is 2. The summed E-state index contributed by atoms with van der Waals surface area (Å²) in [6.07, 6.45) is 5.96. The van der Waals surface area contributed by atoms with E-state index in [1.54, 1.807) is 79.0 Å². The Labute approximate surface area is 264 Å². The third-order valence-corrected chi connectivity index (χ3v) is 6.86. The van der Waals surface area contributed by atoms with Crippen molar-refractivity contribution in [2.24, 2.45) is 0 Å². The van der Waals surface area contributed by atoms with E-state index in [4.69, 9.17) is 14.2 Å². The summed E-state index contributed by atoms with van der Waals surface area (Å²) in [5, 5.41) is 6.26. The van der Waals surface area contributed by atoms with Crippen LogP contribution in [0.3, 0.4) is 0 Å². The molecule has 3 N–H and O–H groups in total. The van der Waals surface area contributed by atoms with Gasteiger partial charge in [-0.2, -0.15) is 4.98 Å². The lowest BCUT2D eigenvalue weighted by Crippen LogP contribution is -2.32. The molecule has 46 heavy (non-hydrogen) atoms. The molecule has 0 fully saturated rings. The van der Waals surface area contributed by atoms with Crippen molar-refractivity contribution in [2.45, 2.75) is 0 Å². The molecule has 0 unspecified atom stereocenters. The zero-order valence-corrected chi connectivity index (χ0v) is 25.2. The fraction of sp³-hybridized carbons (Fsp3) is 0.0968. The Balaban J connectivity index is 1.47. The van der Waals surface area contributed by atoms with Crippen LogP contribution in [-0.4, -0.2) is 59.6 Å². The molecular formula is C31H28N8O6S. The summed E-state index contributed by atoms with van der Waals surface area (Å²) in [5.74, 6) is 0.438. The molecule has 0 radical (unpaired) electrons. The lowest BCUT2D eigenvalue weighted by Gasteiger charge is -2.17. The highest BCUT2D eigenvalue weighted by Crippen LogP contribution is 2.41. The molecule has 5 rings (SSSR count). The van der Waals surface area contributed by atoms with Gasteiger partial charge >= 0.3 is 6.03 Å². The van der Waals surface area contributed by atoms with Crippen LogP contribution in [0.5, 0.6) is 23.1 Å². The second-order valence-electron chi connectivity index (χ2n) is 9.16. The number of aromatic nitrogens is 5. The topological polar surface area (TPSA) is 179 Å². The zero-order valence-electron chi connectivity index (χ0n) is 24.4. The Morgan fingerprint density at radius 2 is 1.54 bits per heavy atom. The SMILES string of the molecule is COc1ccccc1Oc1c(NS(=O)(=O)C=Cc2ccccc2)nc(-c2ncccn2)nc1OCCNC(=O)Nc1ccccn1. The van der Waals surface area contributed by atoms with Gasteiger partial charge < -0.3 is 19.5 Å². The van der Waals surface area contributed by atoms with Gasteiger partial charge in [0.2, 0.25) is 11.6 Å². The van der Waals surface area contributed by atoms with Gasteiger partial charge in [-0.15, -0.1) is 0 Å². The molecule has 0 aliphatic carbocycles. The molecule has 0 saturated heterocycles. The Morgan fingerprint density at radius 1 is 0.826 bits per heavy atom. The number of urea groups is 1. The van der Waals surface area contributed by atoms with Crippen molar-refractivity contribution in [1.82, 2.24) is 30.2 Å². The van der Waals surface area contributed by atoms with Gasteiger partial charge in [0.05, 0.1) is 19.1 Å². The minimum Gasteiger partial charge on any atom is -0.493 e. The van der Waals surface area contributed by atoms with Crippen molar-refractivity contribution < 1.29 is 27.4 Å². The number of ether oxygens (including phenoxy) is 3. The number of carbonyl (C=O) groups is 1. The van der Waals surface area contributed by atoms with Crippen LogP contribution in [0, 0.1) is 0 Å². The van der Waals surface area contributed by atoms with Gasteiger partial charge in [-0.05, 0) is 42.0 Å². The van der Waals surface area contributed by atoms with E-state index < -0.39 is 16.1 Å². The van der Waals surface area contributed by atoms with Crippen LogP contribution in [0.15, 0.2) is 103 Å². The summed E-state index contributed by atoms with van der Waals surface area (Å²) in [7, 11) is -2.68. The second kappa shape index (κ2) is 15.1. The van der Waals surface area contributed by atoms with Crippen LogP contribution < -0.4 is 29.6 Å². The molecule has 2 aromatic carbocycles. The average molecular weight is 641 g/mol. The summed E-state index contributed by atoms with van der Waals surface area (Å²) in [5.41, 5.74) is 0.669. The third kappa shape index (κ3) is 8.73. The number of methoxy groups -OCH3 is 1. The molecule has 0 spiro atoms. The minimum absolute atomic E-state index is 0.0365. The van der Waals surface area contributed by atoms with Crippen molar-refractivity contribution in [3.63, 3.8) is 0 Å². The summed E-state index contributed by atoms with van der Waals surface area (Å²) in [6.45, 7) is -0.0566. The summed E-state index contributed by atoms with van der Waals surface area (Å²) >= 11 is 0. The second-order valence-corrected chi connectivity index (χ2v) is 10.7. The molecule has 234 valence electrons. The van der Waals surface area contributed by atoms with Crippen LogP contribution >= 0.6 is 0 Å². The van der Waals surface area contributed by atoms with Crippen LogP contribution in [-0.2, 0) is 10.0 Å². The van der Waals surface area contributed by atoms with Crippen LogP contribution in [0.25, 0.3) is 17.7 Å². The van der Waals surface area contributed by atoms with E-state index in [9.17, 15) is 13.2 Å². The summed E-state index contributed by atoms with van der Waals surface area (Å²) < 4.78 is 46.5. The van der Waals surface area contributed by atoms with Crippen molar-refractivity contribution in [3.05, 3.63) is 108 Å². The van der Waals surface area contributed by atoms with Gasteiger partial charge in [-0.1, -0.05) is 48.5 Å². The third-order valence-electron chi connectivity index (χ3n) is 5.89. The van der Waals surface area contributed by atoms with Gasteiger partial charge in [0.25, 0.3) is 15.9 Å². The Bertz CT molecular complexity index is 1900. The monoisotopic (exact) mass is 640 g/mol. The molecule has 2 amide bonds. The molecule has 0 aliphatic heterocycles. The molecule has 0 bridgehead atoms. The van der Waals surface area contributed by atoms with E-state index in [0.29, 0.717) is 17.1 Å². The number of nitrogens with zero attached hydrogens (tertiary/aromatic N) is 5. The number of para-hydroxylation sites is 2. The number of sulfonamides is 1. The molecule has 0 aliphatic rings. The van der Waals surface area contributed by atoms with E-state index >= 15 is 0 Å². The van der Waals surface area contributed by atoms with Gasteiger partial charge in [-0.25, -0.2) is 33.1 Å². The molecule has 14 nitrogen and oxygen atoms in total. The average Bonchev–Trinajstić information content (AvgIpc) is 3.08. The highest BCUT2D eigenvalue weighted by atomic mass is 32.2. The number of anilines is 2. The molecule has 5 aromatic rings. The van der Waals surface area contributed by atoms with Gasteiger partial charge in [0.1, 0.15) is 12.4 Å². The molecular weight excluding hydrogens is 612 g/mol. The molecule has 15 heteroatoms.